The monoisotopic (exact) mass is 586 g/mol. The van der Waals surface area contributed by atoms with E-state index in [4.69, 9.17) is 0 Å². The number of hydrogen-bond donors (Lipinski definition) is 4. The van der Waals surface area contributed by atoms with Crippen LogP contribution in [0.5, 0.6) is 0 Å². The van der Waals surface area contributed by atoms with E-state index in [9.17, 15) is 23.1 Å². The van der Waals surface area contributed by atoms with E-state index in [0.717, 1.165) is 22.5 Å². The highest BCUT2D eigenvalue weighted by molar-refractivity contribution is 7.92. The number of anilines is 2. The van der Waals surface area contributed by atoms with Crippen molar-refractivity contribution in [3.63, 3.8) is 0 Å². The predicted octanol–water partition coefficient (Wildman–Crippen LogP) is 4.49. The van der Waals surface area contributed by atoms with Gasteiger partial charge in [-0.25, -0.2) is 13.4 Å². The molecule has 1 heterocycles. The number of Topliss-reactive ketones (excluding diaryl/α,β-unsaturated/α-hetero) is 1. The average Bonchev–Trinajstić information content (AvgIpc) is 3.26. The summed E-state index contributed by atoms with van der Waals surface area (Å²) in [4.78, 5) is 29.5. The van der Waals surface area contributed by atoms with E-state index < -0.39 is 21.5 Å². The zero-order valence-electron chi connectivity index (χ0n) is 23.7. The van der Waals surface area contributed by atoms with Crippen LogP contribution in [0.1, 0.15) is 66.0 Å². The number of sulfonamides is 1. The van der Waals surface area contributed by atoms with Gasteiger partial charge >= 0.3 is 0 Å². The molecule has 0 radical (unpaired) electrons. The SMILES string of the molecule is Cc1nc(CC(=O)Nc2ccc(CCNC(C)C(O)c3ccc(C(=O)C(C)(C)C)c(NS(C)(=O)=O)c3)cc2)cs1. The van der Waals surface area contributed by atoms with Gasteiger partial charge in [0, 0.05) is 28.1 Å². The van der Waals surface area contributed by atoms with Crippen LogP contribution in [0, 0.1) is 12.3 Å². The van der Waals surface area contributed by atoms with Crippen molar-refractivity contribution in [1.29, 1.82) is 0 Å². The molecule has 0 saturated heterocycles. The summed E-state index contributed by atoms with van der Waals surface area (Å²) in [6.45, 7) is 9.63. The van der Waals surface area contributed by atoms with Crippen LogP contribution in [0.4, 0.5) is 11.4 Å². The third-order valence-electron chi connectivity index (χ3n) is 6.21. The number of hydrogen-bond acceptors (Lipinski definition) is 8. The molecule has 0 aliphatic heterocycles. The smallest absolute Gasteiger partial charge is 0.230 e. The molecular formula is C29H38N4O5S2. The van der Waals surface area contributed by atoms with Gasteiger partial charge in [0.05, 0.1) is 35.2 Å². The maximum atomic E-state index is 12.9. The van der Waals surface area contributed by atoms with E-state index in [2.05, 4.69) is 20.3 Å². The fourth-order valence-electron chi connectivity index (χ4n) is 4.09. The highest BCUT2D eigenvalue weighted by Gasteiger charge is 2.27. The lowest BCUT2D eigenvalue weighted by molar-refractivity contribution is -0.115. The van der Waals surface area contributed by atoms with Gasteiger partial charge in [-0.05, 0) is 62.2 Å². The summed E-state index contributed by atoms with van der Waals surface area (Å²) in [5.74, 6) is -0.320. The minimum absolute atomic E-state index is 0.117. The van der Waals surface area contributed by atoms with Crippen molar-refractivity contribution in [1.82, 2.24) is 10.3 Å². The zero-order valence-corrected chi connectivity index (χ0v) is 25.4. The number of benzene rings is 2. The number of amides is 1. The molecule has 4 N–H and O–H groups in total. The topological polar surface area (TPSA) is 137 Å². The summed E-state index contributed by atoms with van der Waals surface area (Å²) in [5.41, 5.74) is 2.73. The first kappa shape index (κ1) is 31.4. The number of aliphatic hydroxyl groups is 1. The molecule has 2 unspecified atom stereocenters. The number of carbonyl (C=O) groups excluding carboxylic acids is 2. The van der Waals surface area contributed by atoms with Crippen LogP contribution >= 0.6 is 11.3 Å². The molecule has 2 aromatic carbocycles. The molecule has 11 heteroatoms. The van der Waals surface area contributed by atoms with Gasteiger partial charge in [0.2, 0.25) is 15.9 Å². The summed E-state index contributed by atoms with van der Waals surface area (Å²) in [7, 11) is -3.63. The number of nitrogens with zero attached hydrogens (tertiary/aromatic N) is 1. The normalized spacial score (nSPS) is 13.5. The number of nitrogens with one attached hydrogen (secondary N) is 3. The van der Waals surface area contributed by atoms with E-state index in [1.165, 1.54) is 17.4 Å². The van der Waals surface area contributed by atoms with Crippen molar-refractivity contribution in [2.75, 3.05) is 22.8 Å². The molecule has 0 fully saturated rings. The molecule has 0 aliphatic rings. The van der Waals surface area contributed by atoms with Gasteiger partial charge in [-0.3, -0.25) is 14.3 Å². The zero-order chi connectivity index (χ0) is 29.7. The number of ketones is 1. The van der Waals surface area contributed by atoms with Gasteiger partial charge in [0.15, 0.2) is 5.78 Å². The minimum atomic E-state index is -3.63. The van der Waals surface area contributed by atoms with Crippen molar-refractivity contribution >= 4 is 44.4 Å². The molecule has 216 valence electrons. The quantitative estimate of drug-likeness (QED) is 0.230. The maximum Gasteiger partial charge on any atom is 0.230 e. The van der Waals surface area contributed by atoms with Crippen molar-refractivity contribution < 1.29 is 23.1 Å². The van der Waals surface area contributed by atoms with Crippen LogP contribution in [0.25, 0.3) is 0 Å². The fourth-order valence-corrected chi connectivity index (χ4v) is 5.27. The molecule has 0 spiro atoms. The van der Waals surface area contributed by atoms with Crippen molar-refractivity contribution in [2.24, 2.45) is 5.41 Å². The summed E-state index contributed by atoms with van der Waals surface area (Å²) in [6, 6.07) is 12.0. The lowest BCUT2D eigenvalue weighted by Gasteiger charge is -2.23. The average molecular weight is 587 g/mol. The van der Waals surface area contributed by atoms with E-state index in [1.807, 2.05) is 43.5 Å². The molecule has 0 bridgehead atoms. The summed E-state index contributed by atoms with van der Waals surface area (Å²) in [6.07, 6.45) is 1.02. The standard InChI is InChI=1S/C29H38N4O5S2/c1-18(27(35)21-9-12-24(28(36)29(3,4)5)25(15-21)33-40(6,37)38)30-14-13-20-7-10-22(11-8-20)32-26(34)16-23-17-39-19(2)31-23/h7-12,15,17-18,27,30,33,35H,13-14,16H2,1-6H3,(H,32,34). The van der Waals surface area contributed by atoms with Gasteiger partial charge in [-0.2, -0.15) is 0 Å². The second-order valence-electron chi connectivity index (χ2n) is 11.0. The number of thiazole rings is 1. The van der Waals surface area contributed by atoms with Gasteiger partial charge in [0.25, 0.3) is 0 Å². The number of aryl methyl sites for hydroxylation is 1. The van der Waals surface area contributed by atoms with E-state index >= 15 is 0 Å². The molecular weight excluding hydrogens is 548 g/mol. The molecule has 0 aliphatic carbocycles. The van der Waals surface area contributed by atoms with E-state index in [0.29, 0.717) is 24.2 Å². The molecule has 3 rings (SSSR count). The third-order valence-corrected chi connectivity index (χ3v) is 7.62. The Morgan fingerprint density at radius 3 is 2.35 bits per heavy atom. The molecule has 40 heavy (non-hydrogen) atoms. The predicted molar refractivity (Wildman–Crippen MR) is 160 cm³/mol. The Balaban J connectivity index is 1.57. The van der Waals surface area contributed by atoms with Gasteiger partial charge in [-0.1, -0.05) is 39.0 Å². The van der Waals surface area contributed by atoms with Crippen LogP contribution in [-0.2, 0) is 27.7 Å². The Hall–Kier alpha value is -3.12. The van der Waals surface area contributed by atoms with Crippen LogP contribution in [0.3, 0.4) is 0 Å². The number of aromatic nitrogens is 1. The van der Waals surface area contributed by atoms with Crippen molar-refractivity contribution in [3.8, 4) is 0 Å². The number of rotatable bonds is 12. The third kappa shape index (κ3) is 9.22. The van der Waals surface area contributed by atoms with Gasteiger partial charge in [-0.15, -0.1) is 11.3 Å². The highest BCUT2D eigenvalue weighted by Crippen LogP contribution is 2.30. The first-order valence-electron chi connectivity index (χ1n) is 13.0. The first-order valence-corrected chi connectivity index (χ1v) is 15.8. The lowest BCUT2D eigenvalue weighted by atomic mass is 9.85. The van der Waals surface area contributed by atoms with Gasteiger partial charge < -0.3 is 15.7 Å². The number of aliphatic hydroxyl groups excluding tert-OH is 1. The van der Waals surface area contributed by atoms with Crippen LogP contribution < -0.4 is 15.4 Å². The second kappa shape index (κ2) is 13.0. The molecule has 2 atom stereocenters. The maximum absolute atomic E-state index is 12.9. The van der Waals surface area contributed by atoms with Gasteiger partial charge in [0.1, 0.15) is 0 Å². The Morgan fingerprint density at radius 2 is 1.77 bits per heavy atom. The Kier molecular flexibility index (Phi) is 10.2. The first-order chi connectivity index (χ1) is 18.6. The van der Waals surface area contributed by atoms with Crippen molar-refractivity contribution in [3.05, 3.63) is 75.2 Å². The van der Waals surface area contributed by atoms with Crippen LogP contribution in [0.2, 0.25) is 0 Å². The fraction of sp³-hybridized carbons (Fsp3) is 0.414. The van der Waals surface area contributed by atoms with Crippen LogP contribution in [-0.4, -0.2) is 49.0 Å². The molecule has 1 aromatic heterocycles. The Bertz CT molecular complexity index is 1440. The lowest BCUT2D eigenvalue weighted by Crippen LogP contribution is -2.33. The molecule has 0 saturated carbocycles. The minimum Gasteiger partial charge on any atom is -0.387 e. The second-order valence-corrected chi connectivity index (χ2v) is 13.8. The molecule has 1 amide bonds. The molecule has 3 aromatic rings. The number of carbonyl (C=O) groups is 2. The summed E-state index contributed by atoms with van der Waals surface area (Å²) in [5, 5.41) is 20.0. The Labute approximate surface area is 240 Å². The molecule has 9 nitrogen and oxygen atoms in total. The summed E-state index contributed by atoms with van der Waals surface area (Å²) < 4.78 is 26.3. The summed E-state index contributed by atoms with van der Waals surface area (Å²) >= 11 is 1.52. The highest BCUT2D eigenvalue weighted by atomic mass is 32.2. The van der Waals surface area contributed by atoms with E-state index in [1.54, 1.807) is 32.9 Å². The largest absolute Gasteiger partial charge is 0.387 e. The van der Waals surface area contributed by atoms with E-state index in [-0.39, 0.29) is 35.4 Å². The Morgan fingerprint density at radius 1 is 1.10 bits per heavy atom. The van der Waals surface area contributed by atoms with Crippen molar-refractivity contribution in [2.45, 2.75) is 59.6 Å². The van der Waals surface area contributed by atoms with Crippen LogP contribution in [0.15, 0.2) is 47.8 Å².